The summed E-state index contributed by atoms with van der Waals surface area (Å²) < 4.78 is 23.5. The Hall–Kier alpha value is -3.10. The maximum atomic E-state index is 12.9. The number of aliphatic hydroxyl groups excluding tert-OH is 1. The van der Waals surface area contributed by atoms with E-state index in [4.69, 9.17) is 9.05 Å². The summed E-state index contributed by atoms with van der Waals surface area (Å²) in [6.45, 7) is 4.50. The number of carbonyl (C=O) groups excluding carboxylic acids is 1. The molecule has 0 heterocycles. The molecular formula is C52H88N2O6P+. The third-order valence-corrected chi connectivity index (χ3v) is 10.4. The third kappa shape index (κ3) is 44.8. The van der Waals surface area contributed by atoms with Gasteiger partial charge < -0.3 is 19.8 Å². The van der Waals surface area contributed by atoms with E-state index in [0.29, 0.717) is 17.4 Å². The number of quaternary nitrogens is 1. The van der Waals surface area contributed by atoms with Gasteiger partial charge in [-0.05, 0) is 96.3 Å². The van der Waals surface area contributed by atoms with Crippen molar-refractivity contribution in [3.05, 3.63) is 122 Å². The fourth-order valence-electron chi connectivity index (χ4n) is 5.76. The predicted octanol–water partition coefficient (Wildman–Crippen LogP) is 13.5. The topological polar surface area (TPSA) is 105 Å². The minimum Gasteiger partial charge on any atom is -0.387 e. The van der Waals surface area contributed by atoms with Crippen LogP contribution < -0.4 is 5.32 Å². The van der Waals surface area contributed by atoms with Gasteiger partial charge in [0.15, 0.2) is 0 Å². The number of allylic oxidation sites excluding steroid dienone is 19. The molecule has 9 heteroatoms. The lowest BCUT2D eigenvalue weighted by molar-refractivity contribution is -0.870. The van der Waals surface area contributed by atoms with Crippen molar-refractivity contribution in [2.75, 3.05) is 40.9 Å². The molecule has 0 aromatic rings. The molecule has 0 fully saturated rings. The van der Waals surface area contributed by atoms with Gasteiger partial charge in [0.25, 0.3) is 0 Å². The summed E-state index contributed by atoms with van der Waals surface area (Å²) in [5.74, 6) is -0.212. The maximum absolute atomic E-state index is 12.9. The SMILES string of the molecule is CC/C=C\C/C=C\C/C=C\C/C=C\C/C=C\C/C=C\C/C=C\CCCCCCCCCC(=O)NC(COP(=O)(O)OCC[N+](C)(C)C)C(O)/C=C/CC/C=C/CC/C=C/CC. The van der Waals surface area contributed by atoms with Crippen LogP contribution in [-0.4, -0.2) is 73.4 Å². The second kappa shape index (κ2) is 42.2. The zero-order valence-electron chi connectivity index (χ0n) is 39.1. The molecule has 0 bridgehead atoms. The highest BCUT2D eigenvalue weighted by Gasteiger charge is 2.27. The molecule has 0 aliphatic carbocycles. The summed E-state index contributed by atoms with van der Waals surface area (Å²) >= 11 is 0. The average Bonchev–Trinajstić information content (AvgIpc) is 3.21. The second-order valence-corrected chi connectivity index (χ2v) is 17.8. The molecule has 8 nitrogen and oxygen atoms in total. The summed E-state index contributed by atoms with van der Waals surface area (Å²) in [6.07, 6.45) is 62.9. The fourth-order valence-corrected chi connectivity index (χ4v) is 6.50. The van der Waals surface area contributed by atoms with Crippen molar-refractivity contribution in [2.24, 2.45) is 0 Å². The highest BCUT2D eigenvalue weighted by Crippen LogP contribution is 2.43. The van der Waals surface area contributed by atoms with Crippen LogP contribution in [0.25, 0.3) is 0 Å². The second-order valence-electron chi connectivity index (χ2n) is 16.3. The number of hydrogen-bond acceptors (Lipinski definition) is 5. The first-order valence-electron chi connectivity index (χ1n) is 23.4. The van der Waals surface area contributed by atoms with Gasteiger partial charge in [0.2, 0.25) is 5.91 Å². The molecule has 0 rings (SSSR count). The Labute approximate surface area is 374 Å². The van der Waals surface area contributed by atoms with Crippen LogP contribution in [0, 0.1) is 0 Å². The van der Waals surface area contributed by atoms with E-state index in [2.05, 4.69) is 129 Å². The van der Waals surface area contributed by atoms with Crippen LogP contribution in [0.4, 0.5) is 0 Å². The van der Waals surface area contributed by atoms with Crippen molar-refractivity contribution >= 4 is 13.7 Å². The number of amides is 1. The van der Waals surface area contributed by atoms with Crippen molar-refractivity contribution in [3.8, 4) is 0 Å². The van der Waals surface area contributed by atoms with Crippen LogP contribution >= 0.6 is 7.82 Å². The van der Waals surface area contributed by atoms with Gasteiger partial charge in [-0.15, -0.1) is 0 Å². The number of hydrogen-bond donors (Lipinski definition) is 3. The van der Waals surface area contributed by atoms with Gasteiger partial charge in [0.05, 0.1) is 39.9 Å². The number of nitrogens with one attached hydrogen (secondary N) is 1. The van der Waals surface area contributed by atoms with Crippen LogP contribution in [0.3, 0.4) is 0 Å². The fraction of sp³-hybridized carbons (Fsp3) is 0.596. The first-order chi connectivity index (χ1) is 29.5. The molecule has 0 aliphatic rings. The van der Waals surface area contributed by atoms with Gasteiger partial charge in [0, 0.05) is 6.42 Å². The molecule has 0 saturated carbocycles. The van der Waals surface area contributed by atoms with E-state index in [0.717, 1.165) is 109 Å². The van der Waals surface area contributed by atoms with Gasteiger partial charge in [0.1, 0.15) is 13.2 Å². The summed E-state index contributed by atoms with van der Waals surface area (Å²) in [5.41, 5.74) is 0. The van der Waals surface area contributed by atoms with E-state index < -0.39 is 20.0 Å². The van der Waals surface area contributed by atoms with Gasteiger partial charge in [-0.3, -0.25) is 13.8 Å². The smallest absolute Gasteiger partial charge is 0.387 e. The molecule has 0 aliphatic heterocycles. The molecule has 1 amide bonds. The first-order valence-corrected chi connectivity index (χ1v) is 24.9. The molecule has 0 aromatic heterocycles. The highest BCUT2D eigenvalue weighted by molar-refractivity contribution is 7.47. The predicted molar refractivity (Wildman–Crippen MR) is 262 cm³/mol. The molecule has 0 radical (unpaired) electrons. The molecule has 3 atom stereocenters. The lowest BCUT2D eigenvalue weighted by Crippen LogP contribution is -2.45. The minimum atomic E-state index is -4.36. The van der Waals surface area contributed by atoms with Crippen molar-refractivity contribution in [1.29, 1.82) is 0 Å². The van der Waals surface area contributed by atoms with Crippen molar-refractivity contribution in [2.45, 2.75) is 161 Å². The summed E-state index contributed by atoms with van der Waals surface area (Å²) in [5, 5.41) is 13.7. The van der Waals surface area contributed by atoms with E-state index in [1.807, 2.05) is 27.2 Å². The average molecular weight is 868 g/mol. The normalized spacial score (nSPS) is 15.3. The van der Waals surface area contributed by atoms with E-state index in [1.165, 1.54) is 19.3 Å². The summed E-state index contributed by atoms with van der Waals surface area (Å²) in [4.78, 5) is 23.1. The molecule has 0 spiro atoms. The number of phosphoric ester groups is 1. The quantitative estimate of drug-likeness (QED) is 0.0245. The Morgan fingerprint density at radius 1 is 0.557 bits per heavy atom. The Bertz CT molecular complexity index is 1400. The molecular weight excluding hydrogens is 780 g/mol. The lowest BCUT2D eigenvalue weighted by atomic mass is 10.1. The van der Waals surface area contributed by atoms with E-state index in [9.17, 15) is 19.4 Å². The Morgan fingerprint density at radius 3 is 1.44 bits per heavy atom. The van der Waals surface area contributed by atoms with Crippen LogP contribution in [0.2, 0.25) is 0 Å². The number of unbranched alkanes of at least 4 members (excludes halogenated alkanes) is 9. The van der Waals surface area contributed by atoms with Crippen molar-refractivity contribution < 1.29 is 32.9 Å². The van der Waals surface area contributed by atoms with Crippen LogP contribution in [0.5, 0.6) is 0 Å². The van der Waals surface area contributed by atoms with E-state index in [1.54, 1.807) is 6.08 Å². The number of likely N-dealkylation sites (N-methyl/N-ethyl adjacent to an activating group) is 1. The Kier molecular flexibility index (Phi) is 40.1. The van der Waals surface area contributed by atoms with Crippen molar-refractivity contribution in [1.82, 2.24) is 5.32 Å². The van der Waals surface area contributed by atoms with Crippen molar-refractivity contribution in [3.63, 3.8) is 0 Å². The number of rotatable bonds is 40. The van der Waals surface area contributed by atoms with Crippen LogP contribution in [-0.2, 0) is 18.4 Å². The van der Waals surface area contributed by atoms with Crippen LogP contribution in [0.1, 0.15) is 149 Å². The molecule has 346 valence electrons. The van der Waals surface area contributed by atoms with Crippen LogP contribution in [0.15, 0.2) is 122 Å². The molecule has 0 aromatic carbocycles. The zero-order chi connectivity index (χ0) is 45.0. The number of carbonyl (C=O) groups is 1. The van der Waals surface area contributed by atoms with Gasteiger partial charge in [-0.1, -0.05) is 167 Å². The summed E-state index contributed by atoms with van der Waals surface area (Å²) in [6, 6.07) is -0.883. The molecule has 61 heavy (non-hydrogen) atoms. The molecule has 0 saturated heterocycles. The highest BCUT2D eigenvalue weighted by atomic mass is 31.2. The largest absolute Gasteiger partial charge is 0.472 e. The zero-order valence-corrected chi connectivity index (χ0v) is 40.0. The lowest BCUT2D eigenvalue weighted by Gasteiger charge is -2.25. The molecule has 3 N–H and O–H groups in total. The number of aliphatic hydroxyl groups is 1. The van der Waals surface area contributed by atoms with Gasteiger partial charge in [-0.2, -0.15) is 0 Å². The minimum absolute atomic E-state index is 0.0436. The number of phosphoric acid groups is 1. The monoisotopic (exact) mass is 868 g/mol. The molecule has 3 unspecified atom stereocenters. The van der Waals surface area contributed by atoms with Gasteiger partial charge >= 0.3 is 7.82 Å². The number of nitrogens with zero attached hydrogens (tertiary/aromatic N) is 1. The summed E-state index contributed by atoms with van der Waals surface area (Å²) in [7, 11) is 1.51. The first kappa shape index (κ1) is 57.9. The van der Waals surface area contributed by atoms with Gasteiger partial charge in [-0.25, -0.2) is 4.57 Å². The third-order valence-electron chi connectivity index (χ3n) is 9.40. The Morgan fingerprint density at radius 2 is 0.951 bits per heavy atom. The maximum Gasteiger partial charge on any atom is 0.472 e. The Balaban J connectivity index is 4.28. The standard InChI is InChI=1S/C52H87N2O6P/c1-6-8-10-12-14-16-18-19-20-21-22-23-24-25-26-27-28-29-30-31-32-33-34-35-36-38-40-42-44-46-52(56)53-50(49-60-61(57,58)59-48-47-54(3,4)5)51(55)45-43-41-39-37-17-15-13-11-9-7-2/h8-11,14,16-17,19-20,22-23,25-26,28-29,31-32,37,43,45,50-51,55H,6-7,12-13,15,18,21,24,27,30,33-36,38-42,44,46-49H2,1-5H3,(H-,53,56,57,58)/p+1/b10-8-,11-9+,16-14-,20-19-,23-22-,26-25-,29-28-,32-31-,37-17+,45-43+. The van der Waals surface area contributed by atoms with E-state index in [-0.39, 0.29) is 19.1 Å². The van der Waals surface area contributed by atoms with E-state index >= 15 is 0 Å².